The Labute approximate surface area is 116 Å². The van der Waals surface area contributed by atoms with E-state index in [1.165, 1.54) is 6.39 Å². The van der Waals surface area contributed by atoms with E-state index in [1.807, 2.05) is 6.92 Å². The zero-order chi connectivity index (χ0) is 13.7. The highest BCUT2D eigenvalue weighted by molar-refractivity contribution is 7.09. The summed E-state index contributed by atoms with van der Waals surface area (Å²) >= 11 is 1.66. The number of methoxy groups -OCH3 is 1. The second-order valence-electron chi connectivity index (χ2n) is 5.86. The molecule has 3 rings (SSSR count). The van der Waals surface area contributed by atoms with E-state index >= 15 is 0 Å². The fraction of sp³-hybridized carbons (Fsp3) is 0.571. The SMILES string of the molecule is COC1(c2nc(C)cs2)Cc2ncoc2C(C)(C)C1. The molecule has 0 amide bonds. The van der Waals surface area contributed by atoms with Gasteiger partial charge in [0.25, 0.3) is 0 Å². The van der Waals surface area contributed by atoms with E-state index in [2.05, 4.69) is 29.2 Å². The maximum absolute atomic E-state index is 5.91. The van der Waals surface area contributed by atoms with Crippen molar-refractivity contribution in [2.24, 2.45) is 0 Å². The van der Waals surface area contributed by atoms with Gasteiger partial charge >= 0.3 is 0 Å². The Bertz CT molecular complexity index is 602. The first-order chi connectivity index (χ1) is 8.97. The van der Waals surface area contributed by atoms with Crippen LogP contribution >= 0.6 is 11.3 Å². The lowest BCUT2D eigenvalue weighted by Gasteiger charge is -2.40. The first-order valence-corrected chi connectivity index (χ1v) is 7.25. The Morgan fingerprint density at radius 3 is 2.84 bits per heavy atom. The van der Waals surface area contributed by atoms with Crippen LogP contribution in [-0.2, 0) is 22.2 Å². The number of hydrogen-bond acceptors (Lipinski definition) is 5. The molecule has 102 valence electrons. The lowest BCUT2D eigenvalue weighted by molar-refractivity contribution is -0.0478. The van der Waals surface area contributed by atoms with E-state index in [9.17, 15) is 0 Å². The minimum atomic E-state index is -0.383. The molecule has 2 aromatic heterocycles. The number of aromatic nitrogens is 2. The molecule has 0 N–H and O–H groups in total. The molecule has 5 heteroatoms. The molecule has 2 aromatic rings. The number of oxazole rings is 1. The number of rotatable bonds is 2. The second kappa shape index (κ2) is 4.15. The second-order valence-corrected chi connectivity index (χ2v) is 6.72. The van der Waals surface area contributed by atoms with E-state index in [0.29, 0.717) is 0 Å². The molecule has 0 bridgehead atoms. The molecule has 0 aliphatic heterocycles. The first kappa shape index (κ1) is 12.8. The van der Waals surface area contributed by atoms with Crippen molar-refractivity contribution in [3.8, 4) is 0 Å². The summed E-state index contributed by atoms with van der Waals surface area (Å²) in [5.74, 6) is 0.980. The number of fused-ring (bicyclic) bond motifs is 1. The smallest absolute Gasteiger partial charge is 0.181 e. The van der Waals surface area contributed by atoms with E-state index in [4.69, 9.17) is 9.15 Å². The lowest BCUT2D eigenvalue weighted by atomic mass is 9.71. The quantitative estimate of drug-likeness (QED) is 0.846. The molecule has 19 heavy (non-hydrogen) atoms. The molecular weight excluding hydrogens is 260 g/mol. The maximum atomic E-state index is 5.91. The predicted molar refractivity (Wildman–Crippen MR) is 73.4 cm³/mol. The number of thiazole rings is 1. The van der Waals surface area contributed by atoms with Crippen LogP contribution in [0.15, 0.2) is 16.2 Å². The molecule has 4 nitrogen and oxygen atoms in total. The topological polar surface area (TPSA) is 48.2 Å². The molecule has 1 aliphatic carbocycles. The Kier molecular flexibility index (Phi) is 2.80. The summed E-state index contributed by atoms with van der Waals surface area (Å²) in [6.07, 6.45) is 3.11. The average molecular weight is 278 g/mol. The lowest BCUT2D eigenvalue weighted by Crippen LogP contribution is -2.42. The van der Waals surface area contributed by atoms with Gasteiger partial charge in [-0.05, 0) is 13.3 Å². The van der Waals surface area contributed by atoms with E-state index < -0.39 is 0 Å². The summed E-state index contributed by atoms with van der Waals surface area (Å²) in [6, 6.07) is 0. The van der Waals surface area contributed by atoms with Crippen LogP contribution in [-0.4, -0.2) is 17.1 Å². The van der Waals surface area contributed by atoms with E-state index in [1.54, 1.807) is 18.4 Å². The Morgan fingerprint density at radius 2 is 2.21 bits per heavy atom. The van der Waals surface area contributed by atoms with Gasteiger partial charge in [0.2, 0.25) is 0 Å². The fourth-order valence-corrected chi connectivity index (χ4v) is 3.99. The zero-order valence-corrected chi connectivity index (χ0v) is 12.5. The highest BCUT2D eigenvalue weighted by Crippen LogP contribution is 2.48. The number of nitrogens with zero attached hydrogens (tertiary/aromatic N) is 2. The highest BCUT2D eigenvalue weighted by atomic mass is 32.1. The van der Waals surface area contributed by atoms with Gasteiger partial charge in [-0.1, -0.05) is 13.8 Å². The van der Waals surface area contributed by atoms with Gasteiger partial charge in [0.15, 0.2) is 6.39 Å². The van der Waals surface area contributed by atoms with Gasteiger partial charge < -0.3 is 9.15 Å². The van der Waals surface area contributed by atoms with Gasteiger partial charge in [-0.15, -0.1) is 11.3 Å². The van der Waals surface area contributed by atoms with Crippen LogP contribution in [0.2, 0.25) is 0 Å². The van der Waals surface area contributed by atoms with Crippen molar-refractivity contribution in [1.82, 2.24) is 9.97 Å². The minimum absolute atomic E-state index is 0.0976. The third kappa shape index (κ3) is 1.92. The van der Waals surface area contributed by atoms with Crippen molar-refractivity contribution >= 4 is 11.3 Å². The molecule has 0 saturated heterocycles. The van der Waals surface area contributed by atoms with E-state index in [0.717, 1.165) is 35.0 Å². The first-order valence-electron chi connectivity index (χ1n) is 6.37. The molecule has 1 unspecified atom stereocenters. The van der Waals surface area contributed by atoms with Crippen LogP contribution in [0.25, 0.3) is 0 Å². The number of aryl methyl sites for hydroxylation is 1. The Hall–Kier alpha value is -1.20. The summed E-state index contributed by atoms with van der Waals surface area (Å²) in [7, 11) is 1.76. The van der Waals surface area contributed by atoms with Crippen molar-refractivity contribution in [3.05, 3.63) is 33.9 Å². The molecule has 0 radical (unpaired) electrons. The van der Waals surface area contributed by atoms with Crippen molar-refractivity contribution in [3.63, 3.8) is 0 Å². The monoisotopic (exact) mass is 278 g/mol. The van der Waals surface area contributed by atoms with Crippen molar-refractivity contribution in [2.45, 2.75) is 44.6 Å². The zero-order valence-electron chi connectivity index (χ0n) is 11.7. The van der Waals surface area contributed by atoms with Gasteiger partial charge in [0.1, 0.15) is 16.4 Å². The Balaban J connectivity index is 2.10. The summed E-state index contributed by atoms with van der Waals surface area (Å²) in [5.41, 5.74) is 1.55. The van der Waals surface area contributed by atoms with Gasteiger partial charge in [-0.2, -0.15) is 0 Å². The van der Waals surface area contributed by atoms with E-state index in [-0.39, 0.29) is 11.0 Å². The van der Waals surface area contributed by atoms with Crippen LogP contribution in [0.1, 0.15) is 42.4 Å². The van der Waals surface area contributed by atoms with Crippen LogP contribution in [0.4, 0.5) is 0 Å². The van der Waals surface area contributed by atoms with Crippen molar-refractivity contribution < 1.29 is 9.15 Å². The number of ether oxygens (including phenoxy) is 1. The average Bonchev–Trinajstić information content (AvgIpc) is 2.97. The van der Waals surface area contributed by atoms with Gasteiger partial charge in [-0.3, -0.25) is 0 Å². The van der Waals surface area contributed by atoms with Crippen molar-refractivity contribution in [2.75, 3.05) is 7.11 Å². The minimum Gasteiger partial charge on any atom is -0.448 e. The van der Waals surface area contributed by atoms with Gasteiger partial charge in [-0.25, -0.2) is 9.97 Å². The molecule has 1 aliphatic rings. The standard InChI is InChI=1S/C14H18N2O2S/c1-9-6-19-12(16-9)14(17-4)5-10-11(18-8-15-10)13(2,3)7-14/h6,8H,5,7H2,1-4H3. The molecule has 2 heterocycles. The molecule has 0 fully saturated rings. The molecule has 0 saturated carbocycles. The normalized spacial score (nSPS) is 25.3. The van der Waals surface area contributed by atoms with Crippen LogP contribution in [0.3, 0.4) is 0 Å². The third-order valence-corrected chi connectivity index (χ3v) is 4.98. The van der Waals surface area contributed by atoms with Crippen LogP contribution < -0.4 is 0 Å². The van der Waals surface area contributed by atoms with Crippen LogP contribution in [0.5, 0.6) is 0 Å². The number of hydrogen-bond donors (Lipinski definition) is 0. The fourth-order valence-electron chi connectivity index (χ4n) is 3.02. The highest BCUT2D eigenvalue weighted by Gasteiger charge is 2.48. The summed E-state index contributed by atoms with van der Waals surface area (Å²) in [5, 5.41) is 3.11. The van der Waals surface area contributed by atoms with Gasteiger partial charge in [0, 0.05) is 30.0 Å². The molecule has 0 aromatic carbocycles. The predicted octanol–water partition coefficient (Wildman–Crippen LogP) is 3.21. The molecular formula is C14H18N2O2S. The van der Waals surface area contributed by atoms with Gasteiger partial charge in [0.05, 0.1) is 5.69 Å². The summed E-state index contributed by atoms with van der Waals surface area (Å²) < 4.78 is 11.5. The molecule has 1 atom stereocenters. The third-order valence-electron chi connectivity index (χ3n) is 3.84. The summed E-state index contributed by atoms with van der Waals surface area (Å²) in [6.45, 7) is 6.35. The maximum Gasteiger partial charge on any atom is 0.181 e. The van der Waals surface area contributed by atoms with Crippen LogP contribution in [0, 0.1) is 6.92 Å². The summed E-state index contributed by atoms with van der Waals surface area (Å²) in [4.78, 5) is 8.99. The Morgan fingerprint density at radius 1 is 1.42 bits per heavy atom. The molecule has 0 spiro atoms. The van der Waals surface area contributed by atoms with Crippen molar-refractivity contribution in [1.29, 1.82) is 0 Å². The largest absolute Gasteiger partial charge is 0.448 e.